The molecule has 1 amide bonds. The summed E-state index contributed by atoms with van der Waals surface area (Å²) in [5.74, 6) is -0.546. The van der Waals surface area contributed by atoms with Gasteiger partial charge in [-0.2, -0.15) is 0 Å². The van der Waals surface area contributed by atoms with Crippen LogP contribution in [0.2, 0.25) is 5.02 Å². The molecule has 0 fully saturated rings. The molecule has 0 saturated carbocycles. The van der Waals surface area contributed by atoms with Gasteiger partial charge in [0.2, 0.25) is 5.91 Å². The van der Waals surface area contributed by atoms with Crippen LogP contribution >= 0.6 is 11.6 Å². The number of esters is 1. The van der Waals surface area contributed by atoms with Gasteiger partial charge in [-0.3, -0.25) is 4.79 Å². The predicted molar refractivity (Wildman–Crippen MR) is 90.9 cm³/mol. The van der Waals surface area contributed by atoms with E-state index in [-0.39, 0.29) is 18.3 Å². The Balaban J connectivity index is 2.10. The molecule has 0 atom stereocenters. The molecule has 0 aliphatic heterocycles. The number of hydrogen-bond acceptors (Lipinski definition) is 3. The van der Waals surface area contributed by atoms with Gasteiger partial charge >= 0.3 is 5.97 Å². The molecule has 1 N–H and O–H groups in total. The highest BCUT2D eigenvalue weighted by atomic mass is 35.5. The van der Waals surface area contributed by atoms with Crippen LogP contribution in [-0.2, 0) is 16.0 Å². The van der Waals surface area contributed by atoms with Gasteiger partial charge in [-0.05, 0) is 49.2 Å². The Labute approximate surface area is 140 Å². The average Bonchev–Trinajstić information content (AvgIpc) is 2.52. The molecular formula is C18H18ClNO3. The number of carbonyl (C=O) groups excluding carboxylic acids is 2. The molecule has 120 valence electrons. The molecular weight excluding hydrogens is 314 g/mol. The van der Waals surface area contributed by atoms with Crippen molar-refractivity contribution in [3.63, 3.8) is 0 Å². The summed E-state index contributed by atoms with van der Waals surface area (Å²) in [6, 6.07) is 12.3. The maximum atomic E-state index is 12.2. The van der Waals surface area contributed by atoms with E-state index in [4.69, 9.17) is 16.3 Å². The van der Waals surface area contributed by atoms with Gasteiger partial charge in [-0.1, -0.05) is 29.8 Å². The van der Waals surface area contributed by atoms with E-state index in [9.17, 15) is 9.59 Å². The lowest BCUT2D eigenvalue weighted by atomic mass is 10.1. The first-order valence-corrected chi connectivity index (χ1v) is 7.70. The number of hydrogen-bond donors (Lipinski definition) is 1. The number of benzene rings is 2. The summed E-state index contributed by atoms with van der Waals surface area (Å²) in [7, 11) is 0. The van der Waals surface area contributed by atoms with Crippen molar-refractivity contribution in [3.8, 4) is 0 Å². The molecule has 2 aromatic rings. The van der Waals surface area contributed by atoms with E-state index in [1.54, 1.807) is 44.2 Å². The van der Waals surface area contributed by atoms with Crippen molar-refractivity contribution in [1.82, 2.24) is 0 Å². The molecule has 0 heterocycles. The van der Waals surface area contributed by atoms with Gasteiger partial charge in [0.25, 0.3) is 0 Å². The molecule has 0 aliphatic carbocycles. The molecule has 0 aliphatic rings. The Morgan fingerprint density at radius 2 is 1.83 bits per heavy atom. The van der Waals surface area contributed by atoms with E-state index < -0.39 is 0 Å². The molecule has 0 aromatic heterocycles. The van der Waals surface area contributed by atoms with Crippen molar-refractivity contribution in [1.29, 1.82) is 0 Å². The molecule has 23 heavy (non-hydrogen) atoms. The van der Waals surface area contributed by atoms with Crippen LogP contribution in [0.25, 0.3) is 0 Å². The number of halogens is 1. The highest BCUT2D eigenvalue weighted by Gasteiger charge is 2.14. The van der Waals surface area contributed by atoms with Gasteiger partial charge in [0, 0.05) is 10.7 Å². The van der Waals surface area contributed by atoms with E-state index >= 15 is 0 Å². The lowest BCUT2D eigenvalue weighted by Gasteiger charge is -2.12. The molecule has 0 bridgehead atoms. The Morgan fingerprint density at radius 3 is 2.48 bits per heavy atom. The first kappa shape index (κ1) is 17.0. The minimum absolute atomic E-state index is 0.156. The topological polar surface area (TPSA) is 55.4 Å². The van der Waals surface area contributed by atoms with Gasteiger partial charge in [0.15, 0.2) is 0 Å². The first-order valence-electron chi connectivity index (χ1n) is 7.32. The van der Waals surface area contributed by atoms with Crippen LogP contribution in [0.15, 0.2) is 42.5 Å². The summed E-state index contributed by atoms with van der Waals surface area (Å²) in [5, 5.41) is 3.46. The zero-order valence-electron chi connectivity index (χ0n) is 13.1. The van der Waals surface area contributed by atoms with E-state index in [1.165, 1.54) is 0 Å². The molecule has 5 heteroatoms. The SMILES string of the molecule is CCOC(=O)c1cccc(NC(=O)Cc2ccc(Cl)cc2)c1C. The number of anilines is 1. The van der Waals surface area contributed by atoms with Crippen LogP contribution in [0.1, 0.15) is 28.4 Å². The van der Waals surface area contributed by atoms with Crippen molar-refractivity contribution >= 4 is 29.2 Å². The van der Waals surface area contributed by atoms with Crippen molar-refractivity contribution in [2.75, 3.05) is 11.9 Å². The average molecular weight is 332 g/mol. The summed E-state index contributed by atoms with van der Waals surface area (Å²) in [4.78, 5) is 24.0. The molecule has 0 saturated heterocycles. The quantitative estimate of drug-likeness (QED) is 0.842. The highest BCUT2D eigenvalue weighted by Crippen LogP contribution is 2.20. The molecule has 0 spiro atoms. The van der Waals surface area contributed by atoms with Gasteiger partial charge in [-0.25, -0.2) is 4.79 Å². The maximum absolute atomic E-state index is 12.2. The fourth-order valence-corrected chi connectivity index (χ4v) is 2.31. The monoisotopic (exact) mass is 331 g/mol. The molecule has 0 radical (unpaired) electrons. The van der Waals surface area contributed by atoms with Gasteiger partial charge in [0.1, 0.15) is 0 Å². The standard InChI is InChI=1S/C18H18ClNO3/c1-3-23-18(22)15-5-4-6-16(12(15)2)20-17(21)11-13-7-9-14(19)10-8-13/h4-10H,3,11H2,1-2H3,(H,20,21). The maximum Gasteiger partial charge on any atom is 0.338 e. The lowest BCUT2D eigenvalue weighted by Crippen LogP contribution is -2.16. The number of rotatable bonds is 5. The van der Waals surface area contributed by atoms with E-state index in [2.05, 4.69) is 5.32 Å². The van der Waals surface area contributed by atoms with Crippen LogP contribution in [0.5, 0.6) is 0 Å². The van der Waals surface area contributed by atoms with Crippen LogP contribution in [0.3, 0.4) is 0 Å². The summed E-state index contributed by atoms with van der Waals surface area (Å²) >= 11 is 5.83. The molecule has 2 rings (SSSR count). The summed E-state index contributed by atoms with van der Waals surface area (Å²) < 4.78 is 5.01. The first-order chi connectivity index (χ1) is 11.0. The summed E-state index contributed by atoms with van der Waals surface area (Å²) in [6.45, 7) is 3.85. The van der Waals surface area contributed by atoms with Gasteiger partial charge in [-0.15, -0.1) is 0 Å². The third-order valence-corrected chi connectivity index (χ3v) is 3.63. The Morgan fingerprint density at radius 1 is 1.13 bits per heavy atom. The van der Waals surface area contributed by atoms with Crippen LogP contribution in [-0.4, -0.2) is 18.5 Å². The van der Waals surface area contributed by atoms with E-state index in [0.717, 1.165) is 5.56 Å². The summed E-state index contributed by atoms with van der Waals surface area (Å²) in [6.07, 6.45) is 0.236. The van der Waals surface area contributed by atoms with Gasteiger partial charge < -0.3 is 10.1 Å². The number of carbonyl (C=O) groups is 2. The Bertz CT molecular complexity index is 711. The molecule has 4 nitrogen and oxygen atoms in total. The second kappa shape index (κ2) is 7.79. The largest absolute Gasteiger partial charge is 0.462 e. The fourth-order valence-electron chi connectivity index (χ4n) is 2.18. The third-order valence-electron chi connectivity index (χ3n) is 3.38. The zero-order valence-corrected chi connectivity index (χ0v) is 13.8. The van der Waals surface area contributed by atoms with E-state index in [0.29, 0.717) is 28.4 Å². The lowest BCUT2D eigenvalue weighted by molar-refractivity contribution is -0.115. The number of nitrogens with one attached hydrogen (secondary N) is 1. The molecule has 2 aromatic carbocycles. The van der Waals surface area contributed by atoms with Crippen LogP contribution in [0, 0.1) is 6.92 Å². The third kappa shape index (κ3) is 4.57. The minimum Gasteiger partial charge on any atom is -0.462 e. The van der Waals surface area contributed by atoms with Crippen molar-refractivity contribution < 1.29 is 14.3 Å². The second-order valence-electron chi connectivity index (χ2n) is 5.05. The Hall–Kier alpha value is -2.33. The van der Waals surface area contributed by atoms with Crippen LogP contribution < -0.4 is 5.32 Å². The molecule has 0 unspecified atom stereocenters. The minimum atomic E-state index is -0.390. The number of ether oxygens (including phenoxy) is 1. The smallest absolute Gasteiger partial charge is 0.338 e. The Kier molecular flexibility index (Phi) is 5.77. The fraction of sp³-hybridized carbons (Fsp3) is 0.222. The van der Waals surface area contributed by atoms with Crippen molar-refractivity contribution in [2.45, 2.75) is 20.3 Å². The van der Waals surface area contributed by atoms with Crippen LogP contribution in [0.4, 0.5) is 5.69 Å². The highest BCUT2D eigenvalue weighted by molar-refractivity contribution is 6.30. The van der Waals surface area contributed by atoms with E-state index in [1.807, 2.05) is 12.1 Å². The van der Waals surface area contributed by atoms with Crippen molar-refractivity contribution in [3.05, 3.63) is 64.2 Å². The van der Waals surface area contributed by atoms with Gasteiger partial charge in [0.05, 0.1) is 18.6 Å². The zero-order chi connectivity index (χ0) is 16.8. The van der Waals surface area contributed by atoms with Crippen molar-refractivity contribution in [2.24, 2.45) is 0 Å². The summed E-state index contributed by atoms with van der Waals surface area (Å²) in [5.41, 5.74) is 2.62. The second-order valence-corrected chi connectivity index (χ2v) is 5.49. The number of amides is 1. The normalized spacial score (nSPS) is 10.2. The predicted octanol–water partition coefficient (Wildman–Crippen LogP) is 4.01.